The zero-order chi connectivity index (χ0) is 19.6. The molecule has 0 atom stereocenters. The first-order valence-electron chi connectivity index (χ1n) is 8.26. The van der Waals surface area contributed by atoms with Crippen LogP contribution in [0.15, 0.2) is 69.7 Å². The van der Waals surface area contributed by atoms with Crippen LogP contribution in [0.4, 0.5) is 11.4 Å². The first-order valence-corrected chi connectivity index (χ1v) is 9.74. The minimum atomic E-state index is -3.73. The van der Waals surface area contributed by atoms with Crippen LogP contribution in [0.2, 0.25) is 0 Å². The first-order chi connectivity index (χ1) is 12.8. The number of hydrogen-bond acceptors (Lipinski definition) is 6. The topological polar surface area (TPSA) is 111 Å². The van der Waals surface area contributed by atoms with Gasteiger partial charge in [-0.2, -0.15) is 0 Å². The Kier molecular flexibility index (Phi) is 5.11. The second-order valence-corrected chi connectivity index (χ2v) is 7.99. The van der Waals surface area contributed by atoms with Gasteiger partial charge in [-0.1, -0.05) is 30.3 Å². The molecule has 0 spiro atoms. The average molecular weight is 385 g/mol. The maximum atomic E-state index is 12.3. The molecule has 0 aliphatic rings. The molecule has 0 saturated carbocycles. The Bertz CT molecular complexity index is 1130. The normalized spacial score (nSPS) is 12.3. The standard InChI is InChI=1S/C19H19N3O4S/c1-12(2)22-27(25,26)14-8-10-18(23)17(11-14)21-20-16-9-7-13-5-3-4-6-15(13)19(16)24/h3-12,22-24H,1-2H3. The van der Waals surface area contributed by atoms with Crippen LogP contribution in [0.1, 0.15) is 13.8 Å². The van der Waals surface area contributed by atoms with Crippen molar-refractivity contribution >= 4 is 32.2 Å². The first kappa shape index (κ1) is 18.8. The smallest absolute Gasteiger partial charge is 0.240 e. The van der Waals surface area contributed by atoms with Crippen LogP contribution in [0.3, 0.4) is 0 Å². The zero-order valence-electron chi connectivity index (χ0n) is 14.8. The summed E-state index contributed by atoms with van der Waals surface area (Å²) in [6.45, 7) is 3.42. The summed E-state index contributed by atoms with van der Waals surface area (Å²) < 4.78 is 27.0. The largest absolute Gasteiger partial charge is 0.506 e. The fourth-order valence-corrected chi connectivity index (χ4v) is 3.83. The molecule has 3 aromatic carbocycles. The lowest BCUT2D eigenvalue weighted by Gasteiger charge is -2.10. The predicted molar refractivity (Wildman–Crippen MR) is 103 cm³/mol. The molecule has 3 aromatic rings. The molecule has 27 heavy (non-hydrogen) atoms. The van der Waals surface area contributed by atoms with Gasteiger partial charge in [0.2, 0.25) is 10.0 Å². The predicted octanol–water partition coefficient (Wildman–Crippen LogP) is 4.35. The van der Waals surface area contributed by atoms with Crippen molar-refractivity contribution in [2.45, 2.75) is 24.8 Å². The highest BCUT2D eigenvalue weighted by Crippen LogP contribution is 2.37. The molecule has 0 radical (unpaired) electrons. The Hall–Kier alpha value is -2.97. The molecule has 0 unspecified atom stereocenters. The highest BCUT2D eigenvalue weighted by atomic mass is 32.2. The van der Waals surface area contributed by atoms with Gasteiger partial charge in [0.15, 0.2) is 5.75 Å². The van der Waals surface area contributed by atoms with Crippen LogP contribution < -0.4 is 4.72 Å². The van der Waals surface area contributed by atoms with E-state index >= 15 is 0 Å². The molecule has 0 saturated heterocycles. The molecular weight excluding hydrogens is 366 g/mol. The second kappa shape index (κ2) is 7.34. The van der Waals surface area contributed by atoms with Gasteiger partial charge in [-0.15, -0.1) is 10.2 Å². The summed E-state index contributed by atoms with van der Waals surface area (Å²) in [7, 11) is -3.73. The van der Waals surface area contributed by atoms with E-state index in [4.69, 9.17) is 0 Å². The number of azo groups is 1. The summed E-state index contributed by atoms with van der Waals surface area (Å²) in [5.74, 6) is -0.260. The molecule has 3 N–H and O–H groups in total. The Balaban J connectivity index is 1.98. The third-order valence-electron chi connectivity index (χ3n) is 3.79. The lowest BCUT2D eigenvalue weighted by molar-refractivity contribution is 0.475. The fourth-order valence-electron chi connectivity index (χ4n) is 2.56. The van der Waals surface area contributed by atoms with Crippen LogP contribution in [0.5, 0.6) is 11.5 Å². The average Bonchev–Trinajstić information content (AvgIpc) is 2.61. The van der Waals surface area contributed by atoms with E-state index in [2.05, 4.69) is 15.0 Å². The van der Waals surface area contributed by atoms with Crippen LogP contribution in [-0.2, 0) is 10.0 Å². The van der Waals surface area contributed by atoms with E-state index in [1.165, 1.54) is 18.2 Å². The van der Waals surface area contributed by atoms with Gasteiger partial charge in [-0.3, -0.25) is 0 Å². The molecule has 0 aliphatic carbocycles. The number of fused-ring (bicyclic) bond motifs is 1. The number of benzene rings is 3. The number of nitrogens with zero attached hydrogens (tertiary/aromatic N) is 2. The van der Waals surface area contributed by atoms with Crippen molar-refractivity contribution in [3.05, 3.63) is 54.6 Å². The summed E-state index contributed by atoms with van der Waals surface area (Å²) in [6, 6.07) is 14.1. The van der Waals surface area contributed by atoms with E-state index in [-0.39, 0.29) is 33.8 Å². The van der Waals surface area contributed by atoms with Crippen molar-refractivity contribution in [1.29, 1.82) is 0 Å². The monoisotopic (exact) mass is 385 g/mol. The van der Waals surface area contributed by atoms with E-state index < -0.39 is 10.0 Å². The number of phenols is 2. The SMILES string of the molecule is CC(C)NS(=O)(=O)c1ccc(O)c(N=Nc2ccc3ccccc3c2O)c1. The van der Waals surface area contributed by atoms with E-state index in [0.717, 1.165) is 5.39 Å². The van der Waals surface area contributed by atoms with E-state index in [9.17, 15) is 18.6 Å². The maximum Gasteiger partial charge on any atom is 0.240 e. The highest BCUT2D eigenvalue weighted by molar-refractivity contribution is 7.89. The van der Waals surface area contributed by atoms with Gasteiger partial charge in [0.25, 0.3) is 0 Å². The van der Waals surface area contributed by atoms with Crippen molar-refractivity contribution in [1.82, 2.24) is 4.72 Å². The lowest BCUT2D eigenvalue weighted by atomic mass is 10.1. The molecule has 7 nitrogen and oxygen atoms in total. The number of aromatic hydroxyl groups is 2. The van der Waals surface area contributed by atoms with Gasteiger partial charge < -0.3 is 10.2 Å². The summed E-state index contributed by atoms with van der Waals surface area (Å²) in [5, 5.41) is 29.7. The summed E-state index contributed by atoms with van der Waals surface area (Å²) in [4.78, 5) is -0.0364. The second-order valence-electron chi connectivity index (χ2n) is 6.28. The molecule has 8 heteroatoms. The Morgan fingerprint density at radius 3 is 2.37 bits per heavy atom. The van der Waals surface area contributed by atoms with Crippen molar-refractivity contribution < 1.29 is 18.6 Å². The lowest BCUT2D eigenvalue weighted by Crippen LogP contribution is -2.30. The van der Waals surface area contributed by atoms with Gasteiger partial charge in [0.05, 0.1) is 4.90 Å². The number of sulfonamides is 1. The third kappa shape index (κ3) is 4.07. The molecule has 140 valence electrons. The van der Waals surface area contributed by atoms with Crippen LogP contribution >= 0.6 is 0 Å². The molecular formula is C19H19N3O4S. The summed E-state index contributed by atoms with van der Waals surface area (Å²) in [5.41, 5.74) is 0.191. The fraction of sp³-hybridized carbons (Fsp3) is 0.158. The summed E-state index contributed by atoms with van der Waals surface area (Å²) >= 11 is 0. The number of phenolic OH excluding ortho intramolecular Hbond substituents is 2. The maximum absolute atomic E-state index is 12.3. The zero-order valence-corrected chi connectivity index (χ0v) is 15.6. The molecule has 0 aromatic heterocycles. The van der Waals surface area contributed by atoms with Crippen LogP contribution in [0, 0.1) is 0 Å². The third-order valence-corrected chi connectivity index (χ3v) is 5.45. The minimum absolute atomic E-state index is 0.0193. The van der Waals surface area contributed by atoms with Gasteiger partial charge in [0.1, 0.15) is 17.1 Å². The van der Waals surface area contributed by atoms with Crippen molar-refractivity contribution in [3.8, 4) is 11.5 Å². The van der Waals surface area contributed by atoms with Crippen LogP contribution in [0.25, 0.3) is 10.8 Å². The van der Waals surface area contributed by atoms with Crippen molar-refractivity contribution in [2.75, 3.05) is 0 Å². The molecule has 0 amide bonds. The van der Waals surface area contributed by atoms with E-state index in [1.54, 1.807) is 38.1 Å². The summed E-state index contributed by atoms with van der Waals surface area (Å²) in [6.07, 6.45) is 0. The van der Waals surface area contributed by atoms with Gasteiger partial charge >= 0.3 is 0 Å². The minimum Gasteiger partial charge on any atom is -0.506 e. The molecule has 0 bridgehead atoms. The quantitative estimate of drug-likeness (QED) is 0.567. The highest BCUT2D eigenvalue weighted by Gasteiger charge is 2.17. The Labute approximate surface area is 157 Å². The Morgan fingerprint density at radius 1 is 0.926 bits per heavy atom. The van der Waals surface area contributed by atoms with E-state index in [1.807, 2.05) is 12.1 Å². The molecule has 0 fully saturated rings. The van der Waals surface area contributed by atoms with Crippen molar-refractivity contribution in [3.63, 3.8) is 0 Å². The van der Waals surface area contributed by atoms with Gasteiger partial charge in [0, 0.05) is 11.4 Å². The van der Waals surface area contributed by atoms with Gasteiger partial charge in [-0.05, 0) is 43.5 Å². The van der Waals surface area contributed by atoms with Crippen LogP contribution in [-0.4, -0.2) is 24.7 Å². The van der Waals surface area contributed by atoms with Crippen molar-refractivity contribution in [2.24, 2.45) is 10.2 Å². The molecule has 3 rings (SSSR count). The van der Waals surface area contributed by atoms with E-state index in [0.29, 0.717) is 5.39 Å². The number of rotatable bonds is 5. The Morgan fingerprint density at radius 2 is 1.63 bits per heavy atom. The number of hydrogen-bond donors (Lipinski definition) is 3. The molecule has 0 aliphatic heterocycles. The molecule has 0 heterocycles. The van der Waals surface area contributed by atoms with Gasteiger partial charge in [-0.25, -0.2) is 13.1 Å². The number of nitrogens with one attached hydrogen (secondary N) is 1.